The summed E-state index contributed by atoms with van der Waals surface area (Å²) in [5, 5.41) is 0. The minimum absolute atomic E-state index is 0.584. The van der Waals surface area contributed by atoms with Gasteiger partial charge in [-0.2, -0.15) is 13.2 Å². The van der Waals surface area contributed by atoms with Gasteiger partial charge < -0.3 is 5.73 Å². The van der Waals surface area contributed by atoms with Gasteiger partial charge in [-0.25, -0.2) is 0 Å². The van der Waals surface area contributed by atoms with Crippen LogP contribution in [0.25, 0.3) is 0 Å². The number of aryl methyl sites for hydroxylation is 1. The van der Waals surface area contributed by atoms with Crippen molar-refractivity contribution >= 4 is 0 Å². The van der Waals surface area contributed by atoms with Crippen LogP contribution in [0.4, 0.5) is 13.2 Å². The molecule has 0 radical (unpaired) electrons. The second kappa shape index (κ2) is 6.45. The molecule has 1 nitrogen and oxygen atoms in total. The smallest absolute Gasteiger partial charge is 0.331 e. The molecule has 0 spiro atoms. The van der Waals surface area contributed by atoms with E-state index in [0.29, 0.717) is 0 Å². The lowest BCUT2D eigenvalue weighted by Crippen LogP contribution is -2.04. The van der Waals surface area contributed by atoms with Crippen LogP contribution in [0.1, 0.15) is 25.0 Å². The van der Waals surface area contributed by atoms with Gasteiger partial charge in [0.1, 0.15) is 0 Å². The molecule has 0 aliphatic heterocycles. The number of alkyl halides is 3. The van der Waals surface area contributed by atoms with Crippen LogP contribution in [-0.4, -0.2) is 6.54 Å². The lowest BCUT2D eigenvalue weighted by Gasteiger charge is -2.06. The zero-order valence-electron chi connectivity index (χ0n) is 8.93. The molecule has 0 unspecified atom stereocenters. The molecule has 0 saturated heterocycles. The van der Waals surface area contributed by atoms with Crippen LogP contribution in [0.2, 0.25) is 0 Å². The first-order valence-corrected chi connectivity index (χ1v) is 4.81. The van der Waals surface area contributed by atoms with E-state index < -0.39 is 11.7 Å². The molecule has 0 bridgehead atoms. The average Bonchev–Trinajstić information content (AvgIpc) is 2.18. The van der Waals surface area contributed by atoms with Crippen molar-refractivity contribution in [2.24, 2.45) is 5.73 Å². The van der Waals surface area contributed by atoms with E-state index in [1.165, 1.54) is 12.1 Å². The van der Waals surface area contributed by atoms with Gasteiger partial charge in [0, 0.05) is 0 Å². The van der Waals surface area contributed by atoms with E-state index in [0.717, 1.165) is 30.7 Å². The van der Waals surface area contributed by atoms with E-state index in [1.54, 1.807) is 0 Å². The summed E-state index contributed by atoms with van der Waals surface area (Å²) in [6, 6.07) is 5.23. The summed E-state index contributed by atoms with van der Waals surface area (Å²) in [7, 11) is 0. The Bertz CT molecular complexity index is 264. The summed E-state index contributed by atoms with van der Waals surface area (Å²) >= 11 is 0. The second-order valence-electron chi connectivity index (χ2n) is 2.96. The Labute approximate surface area is 88.1 Å². The van der Waals surface area contributed by atoms with Gasteiger partial charge in [-0.05, 0) is 30.7 Å². The molecule has 15 heavy (non-hydrogen) atoms. The van der Waals surface area contributed by atoms with Crippen LogP contribution in [0.3, 0.4) is 0 Å². The van der Waals surface area contributed by atoms with Crippen molar-refractivity contribution in [2.75, 3.05) is 6.54 Å². The van der Waals surface area contributed by atoms with Crippen molar-refractivity contribution in [3.63, 3.8) is 0 Å². The first kappa shape index (κ1) is 14.0. The Morgan fingerprint density at radius 3 is 1.73 bits per heavy atom. The van der Waals surface area contributed by atoms with E-state index in [9.17, 15) is 13.2 Å². The summed E-state index contributed by atoms with van der Waals surface area (Å²) in [5.41, 5.74) is 5.18. The predicted octanol–water partition coefficient (Wildman–Crippen LogP) is 3.23. The monoisotopic (exact) mass is 219 g/mol. The van der Waals surface area contributed by atoms with E-state index >= 15 is 0 Å². The van der Waals surface area contributed by atoms with Crippen LogP contribution in [0.5, 0.6) is 0 Å². The number of halogens is 3. The number of nitrogens with two attached hydrogens (primary N) is 1. The third-order valence-corrected chi connectivity index (χ3v) is 1.69. The predicted molar refractivity (Wildman–Crippen MR) is 55.6 cm³/mol. The molecule has 1 aromatic carbocycles. The number of hydrogen-bond donors (Lipinski definition) is 1. The fraction of sp³-hybridized carbons (Fsp3) is 0.455. The topological polar surface area (TPSA) is 26.0 Å². The molecular weight excluding hydrogens is 203 g/mol. The van der Waals surface area contributed by atoms with Crippen LogP contribution in [0, 0.1) is 0 Å². The Morgan fingerprint density at radius 1 is 1.07 bits per heavy atom. The third-order valence-electron chi connectivity index (χ3n) is 1.69. The SMILES string of the molecule is CCN.CCc1ccc(C(F)(F)F)cc1. The largest absolute Gasteiger partial charge is 0.416 e. The molecule has 1 rings (SSSR count). The Kier molecular flexibility index (Phi) is 6.01. The molecule has 0 atom stereocenters. The zero-order valence-corrected chi connectivity index (χ0v) is 8.93. The summed E-state index contributed by atoms with van der Waals surface area (Å²) < 4.78 is 36.1. The number of hydrogen-bond acceptors (Lipinski definition) is 1. The van der Waals surface area contributed by atoms with Gasteiger partial charge in [0.15, 0.2) is 0 Å². The standard InChI is InChI=1S/C9H9F3.C2H7N/c1-2-7-3-5-8(6-4-7)9(10,11)12;1-2-3/h3-6H,2H2,1H3;2-3H2,1H3. The molecule has 4 heteroatoms. The number of benzene rings is 1. The minimum atomic E-state index is -4.22. The summed E-state index contributed by atoms with van der Waals surface area (Å²) in [4.78, 5) is 0. The van der Waals surface area contributed by atoms with Gasteiger partial charge >= 0.3 is 6.18 Å². The molecule has 0 aromatic heterocycles. The van der Waals surface area contributed by atoms with E-state index in [-0.39, 0.29) is 0 Å². The molecule has 0 aliphatic carbocycles. The van der Waals surface area contributed by atoms with Crippen LogP contribution >= 0.6 is 0 Å². The summed E-state index contributed by atoms with van der Waals surface area (Å²) in [6.07, 6.45) is -3.45. The van der Waals surface area contributed by atoms with Gasteiger partial charge in [0.25, 0.3) is 0 Å². The fourth-order valence-electron chi connectivity index (χ4n) is 0.929. The molecule has 0 heterocycles. The highest BCUT2D eigenvalue weighted by Crippen LogP contribution is 2.28. The normalized spacial score (nSPS) is 10.5. The molecule has 86 valence electrons. The van der Waals surface area contributed by atoms with Crippen molar-refractivity contribution in [3.8, 4) is 0 Å². The molecule has 2 N–H and O–H groups in total. The Hall–Kier alpha value is -1.03. The third kappa shape index (κ3) is 5.42. The van der Waals surface area contributed by atoms with Crippen LogP contribution in [0.15, 0.2) is 24.3 Å². The van der Waals surface area contributed by atoms with Gasteiger partial charge in [0.05, 0.1) is 5.56 Å². The summed E-state index contributed by atoms with van der Waals surface area (Å²) in [6.45, 7) is 4.56. The maximum atomic E-state index is 12.0. The van der Waals surface area contributed by atoms with Crippen molar-refractivity contribution in [1.29, 1.82) is 0 Å². The second-order valence-corrected chi connectivity index (χ2v) is 2.96. The maximum absolute atomic E-state index is 12.0. The highest BCUT2D eigenvalue weighted by molar-refractivity contribution is 5.24. The van der Waals surface area contributed by atoms with Gasteiger partial charge in [-0.3, -0.25) is 0 Å². The molecule has 0 fully saturated rings. The first-order chi connectivity index (χ1) is 6.95. The lowest BCUT2D eigenvalue weighted by molar-refractivity contribution is -0.137. The molecule has 0 amide bonds. The Balaban J connectivity index is 0.000000583. The molecule has 0 aliphatic rings. The van der Waals surface area contributed by atoms with Crippen LogP contribution < -0.4 is 5.73 Å². The minimum Gasteiger partial charge on any atom is -0.331 e. The lowest BCUT2D eigenvalue weighted by atomic mass is 10.1. The van der Waals surface area contributed by atoms with Crippen molar-refractivity contribution in [2.45, 2.75) is 26.4 Å². The van der Waals surface area contributed by atoms with Gasteiger partial charge in [-0.1, -0.05) is 26.0 Å². The van der Waals surface area contributed by atoms with Crippen LogP contribution in [-0.2, 0) is 12.6 Å². The van der Waals surface area contributed by atoms with E-state index in [1.807, 2.05) is 13.8 Å². The Morgan fingerprint density at radius 2 is 1.47 bits per heavy atom. The van der Waals surface area contributed by atoms with Crippen molar-refractivity contribution in [1.82, 2.24) is 0 Å². The van der Waals surface area contributed by atoms with E-state index in [4.69, 9.17) is 5.73 Å². The first-order valence-electron chi connectivity index (χ1n) is 4.81. The molecule has 1 aromatic rings. The highest BCUT2D eigenvalue weighted by Gasteiger charge is 2.29. The molecular formula is C11H16F3N. The highest BCUT2D eigenvalue weighted by atomic mass is 19.4. The number of rotatable bonds is 1. The van der Waals surface area contributed by atoms with Gasteiger partial charge in [-0.15, -0.1) is 0 Å². The zero-order chi connectivity index (χ0) is 11.9. The van der Waals surface area contributed by atoms with Gasteiger partial charge in [0.2, 0.25) is 0 Å². The fourth-order valence-corrected chi connectivity index (χ4v) is 0.929. The quantitative estimate of drug-likeness (QED) is 0.771. The van der Waals surface area contributed by atoms with E-state index in [2.05, 4.69) is 0 Å². The average molecular weight is 219 g/mol. The van der Waals surface area contributed by atoms with Crippen molar-refractivity contribution < 1.29 is 13.2 Å². The maximum Gasteiger partial charge on any atom is 0.416 e. The summed E-state index contributed by atoms with van der Waals surface area (Å²) in [5.74, 6) is 0. The molecule has 0 saturated carbocycles. The van der Waals surface area contributed by atoms with Crippen molar-refractivity contribution in [3.05, 3.63) is 35.4 Å².